The molecule has 2 aromatic carbocycles. The van der Waals surface area contributed by atoms with Gasteiger partial charge >= 0.3 is 0 Å². The SMILES string of the molecule is S=C(NCCCCNC(=S)Nc1ccc(Cl)cc1)Nc1ccc(Cl)cc1. The van der Waals surface area contributed by atoms with Crippen LogP contribution in [0.2, 0.25) is 10.0 Å². The van der Waals surface area contributed by atoms with Crippen molar-refractivity contribution in [1.29, 1.82) is 0 Å². The first-order chi connectivity index (χ1) is 12.5. The second-order valence-electron chi connectivity index (χ2n) is 5.48. The van der Waals surface area contributed by atoms with Crippen molar-refractivity contribution >= 4 is 69.2 Å². The maximum Gasteiger partial charge on any atom is 0.170 e. The van der Waals surface area contributed by atoms with Gasteiger partial charge in [-0.2, -0.15) is 0 Å². The number of hydrogen-bond acceptors (Lipinski definition) is 2. The largest absolute Gasteiger partial charge is 0.362 e. The van der Waals surface area contributed by atoms with Gasteiger partial charge in [-0.05, 0) is 85.8 Å². The molecule has 138 valence electrons. The molecular formula is C18H20Cl2N4S2. The molecule has 0 aliphatic heterocycles. The standard InChI is InChI=1S/C18H20Cl2N4S2/c19-13-3-7-15(8-4-13)23-17(25)21-11-1-2-12-22-18(26)24-16-9-5-14(20)6-10-16/h3-10H,1-2,11-12H2,(H2,21,23,25)(H2,22,24,26). The molecule has 0 atom stereocenters. The highest BCUT2D eigenvalue weighted by molar-refractivity contribution is 7.80. The van der Waals surface area contributed by atoms with Crippen LogP contribution in [0, 0.1) is 0 Å². The summed E-state index contributed by atoms with van der Waals surface area (Å²) >= 11 is 22.2. The Bertz CT molecular complexity index is 657. The van der Waals surface area contributed by atoms with Gasteiger partial charge in [0.15, 0.2) is 10.2 Å². The van der Waals surface area contributed by atoms with Gasteiger partial charge in [0.25, 0.3) is 0 Å². The Balaban J connectivity index is 1.53. The van der Waals surface area contributed by atoms with E-state index in [-0.39, 0.29) is 0 Å². The summed E-state index contributed by atoms with van der Waals surface area (Å²) < 4.78 is 0. The summed E-state index contributed by atoms with van der Waals surface area (Å²) in [6, 6.07) is 14.8. The number of hydrogen-bond donors (Lipinski definition) is 4. The van der Waals surface area contributed by atoms with Gasteiger partial charge in [-0.15, -0.1) is 0 Å². The van der Waals surface area contributed by atoms with Crippen LogP contribution in [0.3, 0.4) is 0 Å². The lowest BCUT2D eigenvalue weighted by Gasteiger charge is -2.12. The van der Waals surface area contributed by atoms with Crippen molar-refractivity contribution in [3.8, 4) is 0 Å². The highest BCUT2D eigenvalue weighted by Crippen LogP contribution is 2.14. The van der Waals surface area contributed by atoms with Crippen LogP contribution in [0.5, 0.6) is 0 Å². The molecule has 0 aromatic heterocycles. The predicted octanol–water partition coefficient (Wildman–Crippen LogP) is 5.05. The third-order valence-electron chi connectivity index (χ3n) is 3.38. The van der Waals surface area contributed by atoms with E-state index in [1.807, 2.05) is 48.5 Å². The molecule has 0 spiro atoms. The first-order valence-corrected chi connectivity index (χ1v) is 9.71. The van der Waals surface area contributed by atoms with Crippen LogP contribution >= 0.6 is 47.6 Å². The van der Waals surface area contributed by atoms with Gasteiger partial charge < -0.3 is 21.3 Å². The van der Waals surface area contributed by atoms with E-state index in [1.165, 1.54) is 0 Å². The lowest BCUT2D eigenvalue weighted by Crippen LogP contribution is -2.31. The minimum absolute atomic E-state index is 0.597. The van der Waals surface area contributed by atoms with Crippen LogP contribution in [-0.2, 0) is 0 Å². The lowest BCUT2D eigenvalue weighted by molar-refractivity contribution is 0.694. The van der Waals surface area contributed by atoms with E-state index in [4.69, 9.17) is 47.6 Å². The van der Waals surface area contributed by atoms with Crippen molar-refractivity contribution in [2.45, 2.75) is 12.8 Å². The first-order valence-electron chi connectivity index (χ1n) is 8.14. The molecule has 2 aromatic rings. The summed E-state index contributed by atoms with van der Waals surface area (Å²) in [6.45, 7) is 1.58. The molecule has 2 rings (SSSR count). The number of halogens is 2. The Morgan fingerprint density at radius 2 is 1.00 bits per heavy atom. The monoisotopic (exact) mass is 426 g/mol. The molecule has 0 aliphatic rings. The Labute approximate surface area is 174 Å². The number of benzene rings is 2. The molecule has 0 unspecified atom stereocenters. The number of nitrogens with one attached hydrogen (secondary N) is 4. The molecule has 0 bridgehead atoms. The molecule has 8 heteroatoms. The molecule has 4 nitrogen and oxygen atoms in total. The number of rotatable bonds is 7. The Hall–Kier alpha value is -1.60. The Morgan fingerprint density at radius 3 is 1.35 bits per heavy atom. The van der Waals surface area contributed by atoms with Gasteiger partial charge in [0.2, 0.25) is 0 Å². The second kappa shape index (κ2) is 11.2. The molecule has 0 aliphatic carbocycles. The van der Waals surface area contributed by atoms with E-state index in [0.717, 1.165) is 37.3 Å². The quantitative estimate of drug-likeness (QED) is 0.367. The number of thiocarbonyl (C=S) groups is 2. The van der Waals surface area contributed by atoms with Crippen molar-refractivity contribution in [2.75, 3.05) is 23.7 Å². The van der Waals surface area contributed by atoms with E-state index < -0.39 is 0 Å². The average Bonchev–Trinajstić information content (AvgIpc) is 2.62. The molecule has 0 heterocycles. The van der Waals surface area contributed by atoms with Crippen LogP contribution in [0.25, 0.3) is 0 Å². The molecule has 0 fully saturated rings. The molecule has 0 amide bonds. The fraction of sp³-hybridized carbons (Fsp3) is 0.222. The molecule has 0 radical (unpaired) electrons. The highest BCUT2D eigenvalue weighted by atomic mass is 35.5. The number of anilines is 2. The zero-order chi connectivity index (χ0) is 18.8. The summed E-state index contributed by atoms with van der Waals surface area (Å²) in [4.78, 5) is 0. The van der Waals surface area contributed by atoms with Crippen molar-refractivity contribution in [2.24, 2.45) is 0 Å². The Kier molecular flexibility index (Phi) is 8.91. The molecule has 0 saturated carbocycles. The fourth-order valence-electron chi connectivity index (χ4n) is 2.07. The van der Waals surface area contributed by atoms with Gasteiger partial charge in [-0.25, -0.2) is 0 Å². The zero-order valence-corrected chi connectivity index (χ0v) is 17.2. The topological polar surface area (TPSA) is 48.1 Å². The van der Waals surface area contributed by atoms with Crippen LogP contribution in [0.15, 0.2) is 48.5 Å². The zero-order valence-electron chi connectivity index (χ0n) is 14.0. The molecule has 26 heavy (non-hydrogen) atoms. The van der Waals surface area contributed by atoms with E-state index in [9.17, 15) is 0 Å². The lowest BCUT2D eigenvalue weighted by atomic mass is 10.3. The minimum Gasteiger partial charge on any atom is -0.362 e. The van der Waals surface area contributed by atoms with Crippen LogP contribution < -0.4 is 21.3 Å². The molecule has 0 saturated heterocycles. The summed E-state index contributed by atoms with van der Waals surface area (Å²) in [7, 11) is 0. The number of unbranched alkanes of at least 4 members (excludes halogenated alkanes) is 1. The van der Waals surface area contributed by atoms with E-state index in [0.29, 0.717) is 20.3 Å². The van der Waals surface area contributed by atoms with Gasteiger partial charge in [0, 0.05) is 34.5 Å². The summed E-state index contributed by atoms with van der Waals surface area (Å²) in [5, 5.41) is 15.2. The fourth-order valence-corrected chi connectivity index (χ4v) is 2.76. The maximum atomic E-state index is 5.85. The summed E-state index contributed by atoms with van der Waals surface area (Å²) in [5.41, 5.74) is 1.82. The van der Waals surface area contributed by atoms with E-state index >= 15 is 0 Å². The minimum atomic E-state index is 0.597. The second-order valence-corrected chi connectivity index (χ2v) is 7.17. The van der Waals surface area contributed by atoms with Crippen LogP contribution in [0.1, 0.15) is 12.8 Å². The summed E-state index contributed by atoms with van der Waals surface area (Å²) in [6.07, 6.45) is 1.94. The average molecular weight is 427 g/mol. The summed E-state index contributed by atoms with van der Waals surface area (Å²) in [5.74, 6) is 0. The third-order valence-corrected chi connectivity index (χ3v) is 4.38. The van der Waals surface area contributed by atoms with Crippen LogP contribution in [0.4, 0.5) is 11.4 Å². The smallest absolute Gasteiger partial charge is 0.170 e. The van der Waals surface area contributed by atoms with Gasteiger partial charge in [-0.1, -0.05) is 23.2 Å². The van der Waals surface area contributed by atoms with E-state index in [1.54, 1.807) is 0 Å². The normalized spacial score (nSPS) is 10.1. The van der Waals surface area contributed by atoms with Crippen molar-refractivity contribution in [1.82, 2.24) is 10.6 Å². The van der Waals surface area contributed by atoms with Crippen molar-refractivity contribution in [3.05, 3.63) is 58.6 Å². The van der Waals surface area contributed by atoms with Crippen molar-refractivity contribution in [3.63, 3.8) is 0 Å². The highest BCUT2D eigenvalue weighted by Gasteiger charge is 1.99. The van der Waals surface area contributed by atoms with Crippen molar-refractivity contribution < 1.29 is 0 Å². The first kappa shape index (κ1) is 20.7. The molecular weight excluding hydrogens is 407 g/mol. The van der Waals surface area contributed by atoms with Gasteiger partial charge in [0.1, 0.15) is 0 Å². The van der Waals surface area contributed by atoms with Crippen LogP contribution in [-0.4, -0.2) is 23.3 Å². The molecule has 4 N–H and O–H groups in total. The predicted molar refractivity (Wildman–Crippen MR) is 121 cm³/mol. The van der Waals surface area contributed by atoms with E-state index in [2.05, 4.69) is 21.3 Å². The Morgan fingerprint density at radius 1 is 0.654 bits per heavy atom. The maximum absolute atomic E-state index is 5.85. The van der Waals surface area contributed by atoms with Gasteiger partial charge in [0.05, 0.1) is 0 Å². The third kappa shape index (κ3) is 8.19. The van der Waals surface area contributed by atoms with Gasteiger partial charge in [-0.3, -0.25) is 0 Å².